The summed E-state index contributed by atoms with van der Waals surface area (Å²) in [4.78, 5) is 11.7. The lowest BCUT2D eigenvalue weighted by molar-refractivity contribution is 0.0999. The van der Waals surface area contributed by atoms with Crippen molar-refractivity contribution in [2.45, 2.75) is 11.2 Å². The summed E-state index contributed by atoms with van der Waals surface area (Å²) in [5, 5.41) is 0. The second-order valence-corrected chi connectivity index (χ2v) is 4.48. The molecule has 0 aliphatic heterocycles. The highest BCUT2D eigenvalue weighted by molar-refractivity contribution is 9.10. The summed E-state index contributed by atoms with van der Waals surface area (Å²) >= 11 is 3.35. The maximum absolute atomic E-state index is 11.9. The molecule has 1 atom stereocenters. The Morgan fingerprint density at radius 2 is 2.07 bits per heavy atom. The Kier molecular flexibility index (Phi) is 2.69. The number of halogens is 1. The van der Waals surface area contributed by atoms with E-state index in [2.05, 4.69) is 15.9 Å². The van der Waals surface area contributed by atoms with E-state index in [0.29, 0.717) is 23.5 Å². The zero-order valence-corrected chi connectivity index (χ0v) is 10.1. The average Bonchev–Trinajstić information content (AvgIpc) is 2.54. The fourth-order valence-electron chi connectivity index (χ4n) is 1.85. The van der Waals surface area contributed by atoms with Gasteiger partial charge in [0.25, 0.3) is 0 Å². The van der Waals surface area contributed by atoms with Gasteiger partial charge in [-0.1, -0.05) is 22.0 Å². The van der Waals surface area contributed by atoms with Crippen LogP contribution < -0.4 is 9.47 Å². The predicted molar refractivity (Wildman–Crippen MR) is 60.3 cm³/mol. The van der Waals surface area contributed by atoms with Gasteiger partial charge >= 0.3 is 0 Å². The molecule has 0 saturated heterocycles. The number of hydrogen-bond donors (Lipinski definition) is 0. The first-order valence-corrected chi connectivity index (χ1v) is 5.52. The Bertz CT molecular complexity index is 415. The van der Waals surface area contributed by atoms with E-state index in [1.54, 1.807) is 14.2 Å². The largest absolute Gasteiger partial charge is 0.493 e. The smallest absolute Gasteiger partial charge is 0.180 e. The topological polar surface area (TPSA) is 35.5 Å². The van der Waals surface area contributed by atoms with E-state index in [-0.39, 0.29) is 10.6 Å². The molecule has 0 radical (unpaired) electrons. The number of rotatable bonds is 2. The van der Waals surface area contributed by atoms with Crippen LogP contribution in [0.4, 0.5) is 0 Å². The number of benzene rings is 1. The quantitative estimate of drug-likeness (QED) is 0.773. The number of ketones is 1. The number of Topliss-reactive ketones (excluding diaryl/α,β-unsaturated/α-hetero) is 1. The van der Waals surface area contributed by atoms with Gasteiger partial charge in [-0.05, 0) is 18.1 Å². The number of methoxy groups -OCH3 is 2. The molecule has 0 amide bonds. The Balaban J connectivity index is 2.61. The van der Waals surface area contributed by atoms with Gasteiger partial charge in [-0.3, -0.25) is 4.79 Å². The van der Waals surface area contributed by atoms with Crippen molar-refractivity contribution in [2.75, 3.05) is 14.2 Å². The summed E-state index contributed by atoms with van der Waals surface area (Å²) in [6, 6.07) is 3.74. The van der Waals surface area contributed by atoms with Gasteiger partial charge in [-0.2, -0.15) is 0 Å². The van der Waals surface area contributed by atoms with Gasteiger partial charge in [0, 0.05) is 0 Å². The van der Waals surface area contributed by atoms with Crippen LogP contribution in [0.25, 0.3) is 0 Å². The number of fused-ring (bicyclic) bond motifs is 1. The fraction of sp³-hybridized carbons (Fsp3) is 0.364. The average molecular weight is 271 g/mol. The third-order valence-corrected chi connectivity index (χ3v) is 3.30. The van der Waals surface area contributed by atoms with Gasteiger partial charge < -0.3 is 9.47 Å². The SMILES string of the molecule is COc1ccc2c(c1OC)C(=O)C(Br)C2. The first-order valence-electron chi connectivity index (χ1n) is 4.61. The molecule has 4 heteroatoms. The maximum atomic E-state index is 11.9. The number of carbonyl (C=O) groups is 1. The zero-order valence-electron chi connectivity index (χ0n) is 8.54. The van der Waals surface area contributed by atoms with Crippen LogP contribution in [-0.2, 0) is 6.42 Å². The molecule has 1 aromatic rings. The predicted octanol–water partition coefficient (Wildman–Crippen LogP) is 2.21. The van der Waals surface area contributed by atoms with Crippen molar-refractivity contribution < 1.29 is 14.3 Å². The number of hydrogen-bond acceptors (Lipinski definition) is 3. The molecule has 2 rings (SSSR count). The summed E-state index contributed by atoms with van der Waals surface area (Å²) in [5.41, 5.74) is 1.67. The van der Waals surface area contributed by atoms with Crippen LogP contribution in [-0.4, -0.2) is 24.8 Å². The second kappa shape index (κ2) is 3.85. The molecule has 0 heterocycles. The summed E-state index contributed by atoms with van der Waals surface area (Å²) in [7, 11) is 3.11. The van der Waals surface area contributed by atoms with Crippen LogP contribution in [0.2, 0.25) is 0 Å². The highest BCUT2D eigenvalue weighted by atomic mass is 79.9. The standard InChI is InChI=1S/C11H11BrO3/c1-14-8-4-3-6-5-7(12)10(13)9(6)11(8)15-2/h3-4,7H,5H2,1-2H3. The molecule has 1 aliphatic carbocycles. The van der Waals surface area contributed by atoms with Crippen molar-refractivity contribution in [1.29, 1.82) is 0 Å². The molecule has 0 spiro atoms. The van der Waals surface area contributed by atoms with Crippen molar-refractivity contribution in [1.82, 2.24) is 0 Å². The minimum Gasteiger partial charge on any atom is -0.493 e. The Labute approximate surface area is 96.5 Å². The first kappa shape index (κ1) is 10.5. The second-order valence-electron chi connectivity index (χ2n) is 3.37. The highest BCUT2D eigenvalue weighted by Crippen LogP contribution is 2.39. The molecule has 0 N–H and O–H groups in total. The van der Waals surface area contributed by atoms with Crippen molar-refractivity contribution in [3.8, 4) is 11.5 Å². The van der Waals surface area contributed by atoms with Crippen LogP contribution in [0, 0.1) is 0 Å². The summed E-state index contributed by atoms with van der Waals surface area (Å²) < 4.78 is 10.4. The van der Waals surface area contributed by atoms with Gasteiger partial charge in [0.05, 0.1) is 24.6 Å². The van der Waals surface area contributed by atoms with E-state index >= 15 is 0 Å². The van der Waals surface area contributed by atoms with Crippen molar-refractivity contribution in [2.24, 2.45) is 0 Å². The summed E-state index contributed by atoms with van der Waals surface area (Å²) in [5.74, 6) is 1.22. The van der Waals surface area contributed by atoms with Crippen molar-refractivity contribution >= 4 is 21.7 Å². The van der Waals surface area contributed by atoms with Gasteiger partial charge in [0.2, 0.25) is 0 Å². The van der Waals surface area contributed by atoms with Gasteiger partial charge in [-0.25, -0.2) is 0 Å². The van der Waals surface area contributed by atoms with E-state index in [1.165, 1.54) is 0 Å². The lowest BCUT2D eigenvalue weighted by atomic mass is 10.1. The number of ether oxygens (including phenoxy) is 2. The first-order chi connectivity index (χ1) is 7.19. The van der Waals surface area contributed by atoms with E-state index in [1.807, 2.05) is 12.1 Å². The Morgan fingerprint density at radius 3 is 2.67 bits per heavy atom. The van der Waals surface area contributed by atoms with E-state index in [4.69, 9.17) is 9.47 Å². The molecule has 80 valence electrons. The number of alkyl halides is 1. The third-order valence-electron chi connectivity index (χ3n) is 2.56. The van der Waals surface area contributed by atoms with E-state index < -0.39 is 0 Å². The van der Waals surface area contributed by atoms with Gasteiger partial charge in [-0.15, -0.1) is 0 Å². The Morgan fingerprint density at radius 1 is 1.33 bits per heavy atom. The third kappa shape index (κ3) is 1.53. The maximum Gasteiger partial charge on any atom is 0.180 e. The lowest BCUT2D eigenvalue weighted by Crippen LogP contribution is -2.07. The molecule has 1 unspecified atom stereocenters. The monoisotopic (exact) mass is 270 g/mol. The molecule has 1 aliphatic rings. The Hall–Kier alpha value is -1.03. The molecule has 1 aromatic carbocycles. The van der Waals surface area contributed by atoms with Crippen LogP contribution in [0.5, 0.6) is 11.5 Å². The van der Waals surface area contributed by atoms with E-state index in [0.717, 1.165) is 5.56 Å². The van der Waals surface area contributed by atoms with Crippen LogP contribution in [0.3, 0.4) is 0 Å². The normalized spacial score (nSPS) is 18.9. The molecule has 0 bridgehead atoms. The van der Waals surface area contributed by atoms with Gasteiger partial charge in [0.1, 0.15) is 0 Å². The van der Waals surface area contributed by atoms with Crippen LogP contribution >= 0.6 is 15.9 Å². The molecule has 15 heavy (non-hydrogen) atoms. The summed E-state index contributed by atoms with van der Waals surface area (Å²) in [6.07, 6.45) is 0.717. The fourth-order valence-corrected chi connectivity index (χ4v) is 2.43. The van der Waals surface area contributed by atoms with Gasteiger partial charge in [0.15, 0.2) is 17.3 Å². The molecule has 3 nitrogen and oxygen atoms in total. The molecule has 0 fully saturated rings. The molecular formula is C11H11BrO3. The summed E-state index contributed by atoms with van der Waals surface area (Å²) in [6.45, 7) is 0. The van der Waals surface area contributed by atoms with E-state index in [9.17, 15) is 4.79 Å². The lowest BCUT2D eigenvalue weighted by Gasteiger charge is -2.10. The molecule has 0 aromatic heterocycles. The molecule has 0 saturated carbocycles. The van der Waals surface area contributed by atoms with Crippen molar-refractivity contribution in [3.63, 3.8) is 0 Å². The zero-order chi connectivity index (χ0) is 11.0. The van der Waals surface area contributed by atoms with Crippen LogP contribution in [0.15, 0.2) is 12.1 Å². The molecular weight excluding hydrogens is 260 g/mol. The van der Waals surface area contributed by atoms with Crippen LogP contribution in [0.1, 0.15) is 15.9 Å². The highest BCUT2D eigenvalue weighted by Gasteiger charge is 2.32. The minimum absolute atomic E-state index is 0.0701. The van der Waals surface area contributed by atoms with Crippen molar-refractivity contribution in [3.05, 3.63) is 23.3 Å². The number of carbonyl (C=O) groups excluding carboxylic acids is 1. The minimum atomic E-state index is -0.131.